The first kappa shape index (κ1) is 22.9. The largest absolute Gasteiger partial charge is 0.573 e. The minimum Gasteiger partial charge on any atom is -0.406 e. The first-order chi connectivity index (χ1) is 15.7. The van der Waals surface area contributed by atoms with E-state index in [2.05, 4.69) is 14.7 Å². The van der Waals surface area contributed by atoms with Crippen LogP contribution in [0.25, 0.3) is 5.57 Å². The molecule has 1 aliphatic carbocycles. The maximum atomic E-state index is 12.6. The predicted octanol–water partition coefficient (Wildman–Crippen LogP) is 5.56. The molecule has 2 aromatic carbocycles. The number of H-pyrrole nitrogens is 2. The summed E-state index contributed by atoms with van der Waals surface area (Å²) in [6, 6.07) is 13.4. The number of aromatic amines is 2. The Balaban J connectivity index is 1.58. The van der Waals surface area contributed by atoms with Gasteiger partial charge in [0.2, 0.25) is 0 Å². The fraction of sp³-hybridized carbons (Fsp3) is 0.250. The number of ether oxygens (including phenoxy) is 1. The van der Waals surface area contributed by atoms with Crippen LogP contribution >= 0.6 is 11.6 Å². The number of aromatic nitrogens is 2. The quantitative estimate of drug-likeness (QED) is 0.506. The molecule has 1 unspecified atom stereocenters. The summed E-state index contributed by atoms with van der Waals surface area (Å²) < 4.78 is 41.2. The van der Waals surface area contributed by atoms with Gasteiger partial charge in [-0.15, -0.1) is 13.2 Å². The monoisotopic (exact) mass is 476 g/mol. The topological polar surface area (TPSA) is 75.0 Å². The van der Waals surface area contributed by atoms with Crippen molar-refractivity contribution in [3.05, 3.63) is 103 Å². The summed E-state index contributed by atoms with van der Waals surface area (Å²) in [5.74, 6) is -0.453. The van der Waals surface area contributed by atoms with E-state index in [1.54, 1.807) is 0 Å². The van der Waals surface area contributed by atoms with Crippen molar-refractivity contribution in [1.82, 2.24) is 9.97 Å². The van der Waals surface area contributed by atoms with E-state index in [0.717, 1.165) is 17.2 Å². The summed E-state index contributed by atoms with van der Waals surface area (Å²) >= 11 is 6.22. The molecule has 2 N–H and O–H groups in total. The third-order valence-electron chi connectivity index (χ3n) is 5.64. The number of hydrogen-bond acceptors (Lipinski definition) is 3. The van der Waals surface area contributed by atoms with Crippen LogP contribution in [0.4, 0.5) is 13.2 Å². The Bertz CT molecular complexity index is 1300. The van der Waals surface area contributed by atoms with Gasteiger partial charge in [0.05, 0.1) is 5.02 Å². The van der Waals surface area contributed by atoms with E-state index >= 15 is 0 Å². The molecule has 3 aromatic rings. The summed E-state index contributed by atoms with van der Waals surface area (Å²) in [6.07, 6.45) is -0.668. The molecule has 0 bridgehead atoms. The molecule has 33 heavy (non-hydrogen) atoms. The molecule has 9 heteroatoms. The van der Waals surface area contributed by atoms with Crippen molar-refractivity contribution in [3.8, 4) is 5.75 Å². The fourth-order valence-corrected chi connectivity index (χ4v) is 4.44. The van der Waals surface area contributed by atoms with Crippen LogP contribution in [0.5, 0.6) is 5.75 Å². The van der Waals surface area contributed by atoms with Gasteiger partial charge in [-0.1, -0.05) is 48.0 Å². The third kappa shape index (κ3) is 5.57. The average Bonchev–Trinajstić information content (AvgIpc) is 2.75. The molecule has 1 heterocycles. The second-order valence-electron chi connectivity index (χ2n) is 7.85. The number of allylic oxidation sites excluding steroid dienone is 2. The number of benzene rings is 2. The van der Waals surface area contributed by atoms with E-state index in [0.29, 0.717) is 42.5 Å². The second kappa shape index (κ2) is 9.31. The number of nitrogens with one attached hydrogen (secondary N) is 2. The van der Waals surface area contributed by atoms with Crippen LogP contribution in [0.3, 0.4) is 0 Å². The van der Waals surface area contributed by atoms with Crippen molar-refractivity contribution in [3.63, 3.8) is 0 Å². The molecule has 0 saturated heterocycles. The minimum absolute atomic E-state index is 0.0749. The fourth-order valence-electron chi connectivity index (χ4n) is 4.15. The molecule has 0 radical (unpaired) electrons. The lowest BCUT2D eigenvalue weighted by Gasteiger charge is -2.24. The maximum absolute atomic E-state index is 12.6. The Morgan fingerprint density at radius 3 is 2.45 bits per heavy atom. The molecular formula is C24H20ClF3N2O3. The Labute approximate surface area is 191 Å². The van der Waals surface area contributed by atoms with Crippen LogP contribution < -0.4 is 16.0 Å². The maximum Gasteiger partial charge on any atom is 0.573 e. The van der Waals surface area contributed by atoms with Crippen molar-refractivity contribution in [2.45, 2.75) is 38.0 Å². The number of alkyl halides is 3. The lowest BCUT2D eigenvalue weighted by molar-refractivity contribution is -0.274. The molecule has 1 aromatic heterocycles. The molecule has 172 valence electrons. The van der Waals surface area contributed by atoms with Crippen molar-refractivity contribution < 1.29 is 17.9 Å². The number of halogens is 4. The molecule has 0 aliphatic heterocycles. The molecule has 5 nitrogen and oxygen atoms in total. The highest BCUT2D eigenvalue weighted by Crippen LogP contribution is 2.39. The molecule has 1 atom stereocenters. The van der Waals surface area contributed by atoms with Gasteiger partial charge in [0, 0.05) is 23.6 Å². The summed E-state index contributed by atoms with van der Waals surface area (Å²) in [4.78, 5) is 29.7. The van der Waals surface area contributed by atoms with Gasteiger partial charge in [0.15, 0.2) is 0 Å². The Kier molecular flexibility index (Phi) is 6.47. The Hall–Kier alpha value is -3.26. The van der Waals surface area contributed by atoms with Crippen molar-refractivity contribution in [1.29, 1.82) is 0 Å². The van der Waals surface area contributed by atoms with E-state index in [1.807, 2.05) is 36.4 Å². The highest BCUT2D eigenvalue weighted by Gasteiger charge is 2.31. The lowest BCUT2D eigenvalue weighted by Crippen LogP contribution is -2.30. The summed E-state index contributed by atoms with van der Waals surface area (Å²) in [5, 5.41) is 0.163. The van der Waals surface area contributed by atoms with Gasteiger partial charge in [-0.2, -0.15) is 0 Å². The zero-order chi connectivity index (χ0) is 23.6. The normalized spacial score (nSPS) is 16.4. The van der Waals surface area contributed by atoms with Crippen LogP contribution in [-0.2, 0) is 6.42 Å². The van der Waals surface area contributed by atoms with E-state index in [-0.39, 0.29) is 16.7 Å². The van der Waals surface area contributed by atoms with Gasteiger partial charge in [-0.05, 0) is 54.2 Å². The minimum atomic E-state index is -4.79. The molecule has 0 saturated carbocycles. The SMILES string of the molecule is O=c1[nH]c(C2CC=C(c3ccc(OC(F)(F)F)cc3Cl)CC2)c(Cc2ccccc2)c(=O)[nH]1. The van der Waals surface area contributed by atoms with E-state index in [1.165, 1.54) is 12.1 Å². The van der Waals surface area contributed by atoms with Crippen LogP contribution in [0, 0.1) is 0 Å². The van der Waals surface area contributed by atoms with Gasteiger partial charge in [0.1, 0.15) is 5.75 Å². The van der Waals surface area contributed by atoms with Crippen LogP contribution in [0.1, 0.15) is 47.6 Å². The molecule has 4 rings (SSSR count). The van der Waals surface area contributed by atoms with Gasteiger partial charge in [-0.3, -0.25) is 9.78 Å². The van der Waals surface area contributed by atoms with E-state index in [4.69, 9.17) is 11.6 Å². The Morgan fingerprint density at radius 1 is 1.06 bits per heavy atom. The van der Waals surface area contributed by atoms with Crippen molar-refractivity contribution in [2.75, 3.05) is 0 Å². The van der Waals surface area contributed by atoms with Gasteiger partial charge in [0.25, 0.3) is 5.56 Å². The average molecular weight is 477 g/mol. The zero-order valence-corrected chi connectivity index (χ0v) is 18.1. The van der Waals surface area contributed by atoms with Crippen molar-refractivity contribution >= 4 is 17.2 Å². The highest BCUT2D eigenvalue weighted by atomic mass is 35.5. The number of rotatable bonds is 5. The molecule has 0 amide bonds. The van der Waals surface area contributed by atoms with Gasteiger partial charge >= 0.3 is 12.1 Å². The highest BCUT2D eigenvalue weighted by molar-refractivity contribution is 6.32. The van der Waals surface area contributed by atoms with E-state index < -0.39 is 17.6 Å². The van der Waals surface area contributed by atoms with E-state index in [9.17, 15) is 22.8 Å². The number of hydrogen-bond donors (Lipinski definition) is 2. The smallest absolute Gasteiger partial charge is 0.406 e. The first-order valence-electron chi connectivity index (χ1n) is 10.3. The Morgan fingerprint density at radius 2 is 1.82 bits per heavy atom. The van der Waals surface area contributed by atoms with Crippen molar-refractivity contribution in [2.24, 2.45) is 0 Å². The third-order valence-corrected chi connectivity index (χ3v) is 5.95. The standard InChI is InChI=1S/C24H20ClF3N2O3/c25-20-13-17(33-24(26,27)28)10-11-18(20)15-6-8-16(9-7-15)21-19(22(31)30-23(32)29-21)12-14-4-2-1-3-5-14/h1-6,10-11,13,16H,7-9,12H2,(H2,29,30,31,32). The van der Waals surface area contributed by atoms with Crippen LogP contribution in [0.2, 0.25) is 5.02 Å². The lowest BCUT2D eigenvalue weighted by atomic mass is 9.83. The molecule has 0 spiro atoms. The zero-order valence-electron chi connectivity index (χ0n) is 17.3. The van der Waals surface area contributed by atoms with Gasteiger partial charge in [-0.25, -0.2) is 4.79 Å². The molecule has 1 aliphatic rings. The van der Waals surface area contributed by atoms with Gasteiger partial charge < -0.3 is 9.72 Å². The summed E-state index contributed by atoms with van der Waals surface area (Å²) in [7, 11) is 0. The first-order valence-corrected chi connectivity index (χ1v) is 10.7. The molecule has 0 fully saturated rings. The summed E-state index contributed by atoms with van der Waals surface area (Å²) in [6.45, 7) is 0. The van der Waals surface area contributed by atoms with Crippen LogP contribution in [0.15, 0.2) is 64.2 Å². The second-order valence-corrected chi connectivity index (χ2v) is 8.26. The predicted molar refractivity (Wildman–Crippen MR) is 120 cm³/mol. The molecular weight excluding hydrogens is 457 g/mol. The summed E-state index contributed by atoms with van der Waals surface area (Å²) in [5.41, 5.74) is 2.66. The van der Waals surface area contributed by atoms with Crippen LogP contribution in [-0.4, -0.2) is 16.3 Å².